The molecule has 0 saturated heterocycles. The molecular weight excluding hydrogens is 248 g/mol. The smallest absolute Gasteiger partial charge is 0.255 e. The molecule has 0 aliphatic heterocycles. The maximum absolute atomic E-state index is 12.0. The van der Waals surface area contributed by atoms with Crippen molar-refractivity contribution in [1.29, 1.82) is 0 Å². The van der Waals surface area contributed by atoms with Gasteiger partial charge in [-0.25, -0.2) is 0 Å². The summed E-state index contributed by atoms with van der Waals surface area (Å²) in [5, 5.41) is 2.77. The lowest BCUT2D eigenvalue weighted by molar-refractivity contribution is 0.0950. The molecule has 1 aromatic carbocycles. The highest BCUT2D eigenvalue weighted by atomic mass is 16.5. The van der Waals surface area contributed by atoms with Gasteiger partial charge >= 0.3 is 0 Å². The van der Waals surface area contributed by atoms with Crippen molar-refractivity contribution in [1.82, 2.24) is 5.32 Å². The van der Waals surface area contributed by atoms with Crippen LogP contribution in [0, 0.1) is 0 Å². The van der Waals surface area contributed by atoms with Crippen LogP contribution in [0.15, 0.2) is 12.1 Å². The second-order valence-electron chi connectivity index (χ2n) is 3.81. The average molecular weight is 268 g/mol. The largest absolute Gasteiger partial charge is 0.496 e. The van der Waals surface area contributed by atoms with Crippen molar-refractivity contribution in [3.8, 4) is 17.2 Å². The number of hydrogen-bond acceptors (Lipinski definition) is 5. The quantitative estimate of drug-likeness (QED) is 0.714. The number of ether oxygens (including phenoxy) is 3. The number of rotatable bonds is 7. The van der Waals surface area contributed by atoms with Gasteiger partial charge in [-0.2, -0.15) is 0 Å². The van der Waals surface area contributed by atoms with Crippen molar-refractivity contribution in [2.75, 3.05) is 34.4 Å². The first-order valence-electron chi connectivity index (χ1n) is 5.96. The van der Waals surface area contributed by atoms with Crippen molar-refractivity contribution in [3.63, 3.8) is 0 Å². The minimum absolute atomic E-state index is 0.230. The summed E-state index contributed by atoms with van der Waals surface area (Å²) in [4.78, 5) is 12.0. The highest BCUT2D eigenvalue weighted by Crippen LogP contribution is 2.34. The van der Waals surface area contributed by atoms with E-state index in [2.05, 4.69) is 5.32 Å². The van der Waals surface area contributed by atoms with Gasteiger partial charge in [0.1, 0.15) is 5.75 Å². The topological polar surface area (TPSA) is 82.8 Å². The lowest BCUT2D eigenvalue weighted by Gasteiger charge is -2.13. The van der Waals surface area contributed by atoms with Gasteiger partial charge in [-0.05, 0) is 13.0 Å². The Morgan fingerprint density at radius 1 is 1.11 bits per heavy atom. The molecular formula is C13H20N2O4. The summed E-state index contributed by atoms with van der Waals surface area (Å²) in [5.41, 5.74) is 5.78. The molecule has 0 aromatic heterocycles. The third-order valence-corrected chi connectivity index (χ3v) is 2.62. The van der Waals surface area contributed by atoms with Gasteiger partial charge in [-0.3, -0.25) is 4.79 Å². The fraction of sp³-hybridized carbons (Fsp3) is 0.462. The fourth-order valence-corrected chi connectivity index (χ4v) is 1.61. The number of carbonyl (C=O) groups is 1. The van der Waals surface area contributed by atoms with Gasteiger partial charge in [-0.1, -0.05) is 0 Å². The van der Waals surface area contributed by atoms with Crippen LogP contribution in [0.4, 0.5) is 0 Å². The zero-order chi connectivity index (χ0) is 14.3. The highest BCUT2D eigenvalue weighted by molar-refractivity contribution is 5.97. The summed E-state index contributed by atoms with van der Waals surface area (Å²) >= 11 is 0. The van der Waals surface area contributed by atoms with Crippen LogP contribution in [-0.4, -0.2) is 40.3 Å². The third-order valence-electron chi connectivity index (χ3n) is 2.62. The molecule has 0 saturated carbocycles. The molecule has 1 aromatic rings. The van der Waals surface area contributed by atoms with Gasteiger partial charge in [0.2, 0.25) is 0 Å². The first kappa shape index (κ1) is 15.1. The van der Waals surface area contributed by atoms with Crippen molar-refractivity contribution in [3.05, 3.63) is 17.7 Å². The molecule has 0 aliphatic carbocycles. The molecule has 0 radical (unpaired) electrons. The van der Waals surface area contributed by atoms with Crippen LogP contribution >= 0.6 is 0 Å². The van der Waals surface area contributed by atoms with Crippen LogP contribution in [0.2, 0.25) is 0 Å². The first-order chi connectivity index (χ1) is 9.17. The summed E-state index contributed by atoms with van der Waals surface area (Å²) < 4.78 is 15.5. The Morgan fingerprint density at radius 3 is 2.21 bits per heavy atom. The van der Waals surface area contributed by atoms with E-state index in [1.165, 1.54) is 21.3 Å². The number of methoxy groups -OCH3 is 3. The summed E-state index contributed by atoms with van der Waals surface area (Å²) in [5.74, 6) is 1.19. The monoisotopic (exact) mass is 268 g/mol. The van der Waals surface area contributed by atoms with Crippen molar-refractivity contribution in [2.24, 2.45) is 5.73 Å². The molecule has 0 heterocycles. The zero-order valence-electron chi connectivity index (χ0n) is 11.5. The van der Waals surface area contributed by atoms with E-state index in [-0.39, 0.29) is 5.91 Å². The number of nitrogens with one attached hydrogen (secondary N) is 1. The second-order valence-corrected chi connectivity index (χ2v) is 3.81. The summed E-state index contributed by atoms with van der Waals surface area (Å²) in [7, 11) is 4.54. The van der Waals surface area contributed by atoms with Gasteiger partial charge < -0.3 is 25.3 Å². The lowest BCUT2D eigenvalue weighted by atomic mass is 10.1. The third kappa shape index (κ3) is 3.75. The molecule has 19 heavy (non-hydrogen) atoms. The fourth-order valence-electron chi connectivity index (χ4n) is 1.61. The van der Waals surface area contributed by atoms with Crippen LogP contribution < -0.4 is 25.3 Å². The Labute approximate surface area is 112 Å². The molecule has 106 valence electrons. The van der Waals surface area contributed by atoms with Gasteiger partial charge in [-0.15, -0.1) is 0 Å². The maximum atomic E-state index is 12.0. The van der Waals surface area contributed by atoms with Crippen molar-refractivity contribution in [2.45, 2.75) is 6.42 Å². The van der Waals surface area contributed by atoms with Crippen LogP contribution in [0.5, 0.6) is 17.2 Å². The van der Waals surface area contributed by atoms with E-state index in [1.807, 2.05) is 0 Å². The molecule has 1 rings (SSSR count). The van der Waals surface area contributed by atoms with E-state index in [4.69, 9.17) is 19.9 Å². The van der Waals surface area contributed by atoms with E-state index >= 15 is 0 Å². The Hall–Kier alpha value is -1.95. The molecule has 0 spiro atoms. The number of hydrogen-bond donors (Lipinski definition) is 2. The maximum Gasteiger partial charge on any atom is 0.255 e. The van der Waals surface area contributed by atoms with E-state index < -0.39 is 0 Å². The SMILES string of the molecule is COc1cc(OC)c(C(=O)NCCCN)cc1OC. The van der Waals surface area contributed by atoms with E-state index in [0.29, 0.717) is 35.9 Å². The van der Waals surface area contributed by atoms with Gasteiger partial charge in [0.25, 0.3) is 5.91 Å². The predicted octanol–water partition coefficient (Wildman–Crippen LogP) is 0.791. The molecule has 0 fully saturated rings. The van der Waals surface area contributed by atoms with E-state index in [9.17, 15) is 4.79 Å². The molecule has 0 bridgehead atoms. The lowest BCUT2D eigenvalue weighted by Crippen LogP contribution is -2.26. The minimum atomic E-state index is -0.230. The Kier molecular flexibility index (Phi) is 5.95. The summed E-state index contributed by atoms with van der Waals surface area (Å²) in [6.07, 6.45) is 0.724. The molecule has 0 unspecified atom stereocenters. The first-order valence-corrected chi connectivity index (χ1v) is 5.96. The van der Waals surface area contributed by atoms with Crippen LogP contribution in [0.25, 0.3) is 0 Å². The van der Waals surface area contributed by atoms with Crippen molar-refractivity contribution >= 4 is 5.91 Å². The van der Waals surface area contributed by atoms with E-state index in [0.717, 1.165) is 6.42 Å². The van der Waals surface area contributed by atoms with Crippen LogP contribution in [-0.2, 0) is 0 Å². The molecule has 0 atom stereocenters. The Balaban J connectivity index is 3.00. The number of amides is 1. The summed E-state index contributed by atoms with van der Waals surface area (Å²) in [6, 6.07) is 3.21. The number of benzene rings is 1. The molecule has 6 nitrogen and oxygen atoms in total. The van der Waals surface area contributed by atoms with Crippen molar-refractivity contribution < 1.29 is 19.0 Å². The zero-order valence-corrected chi connectivity index (χ0v) is 11.5. The average Bonchev–Trinajstić information content (AvgIpc) is 2.45. The van der Waals surface area contributed by atoms with E-state index in [1.54, 1.807) is 12.1 Å². The number of nitrogens with two attached hydrogens (primary N) is 1. The second kappa shape index (κ2) is 7.48. The van der Waals surface area contributed by atoms with Gasteiger partial charge in [0.15, 0.2) is 11.5 Å². The standard InChI is InChI=1S/C13H20N2O4/c1-17-10-8-12(19-3)11(18-2)7-9(10)13(16)15-6-4-5-14/h7-8H,4-6,14H2,1-3H3,(H,15,16). The van der Waals surface area contributed by atoms with Crippen LogP contribution in [0.1, 0.15) is 16.8 Å². The molecule has 3 N–H and O–H groups in total. The van der Waals surface area contributed by atoms with Crippen LogP contribution in [0.3, 0.4) is 0 Å². The Morgan fingerprint density at radius 2 is 1.68 bits per heavy atom. The normalized spacial score (nSPS) is 9.89. The molecule has 0 aliphatic rings. The Bertz CT molecular complexity index is 435. The van der Waals surface area contributed by atoms with Gasteiger partial charge in [0, 0.05) is 18.7 Å². The molecule has 6 heteroatoms. The van der Waals surface area contributed by atoms with Gasteiger partial charge in [0.05, 0.1) is 26.9 Å². The summed E-state index contributed by atoms with van der Waals surface area (Å²) in [6.45, 7) is 1.05. The minimum Gasteiger partial charge on any atom is -0.496 e. The molecule has 1 amide bonds. The predicted molar refractivity (Wildman–Crippen MR) is 72.1 cm³/mol. The number of carbonyl (C=O) groups excluding carboxylic acids is 1. The highest BCUT2D eigenvalue weighted by Gasteiger charge is 2.17.